The average Bonchev–Trinajstić information content (AvgIpc) is 2.65. The Hall–Kier alpha value is -2.55. The van der Waals surface area contributed by atoms with E-state index in [0.717, 1.165) is 47.2 Å². The quantitative estimate of drug-likeness (QED) is 0.747. The van der Waals surface area contributed by atoms with E-state index in [1.165, 1.54) is 17.9 Å². The van der Waals surface area contributed by atoms with E-state index in [4.69, 9.17) is 0 Å². The molecule has 1 heterocycles. The Bertz CT molecular complexity index is 1020. The topological polar surface area (TPSA) is 57.7 Å². The summed E-state index contributed by atoms with van der Waals surface area (Å²) in [6.45, 7) is 1.81. The molecule has 0 N–H and O–H groups in total. The van der Waals surface area contributed by atoms with Gasteiger partial charge in [0.05, 0.1) is 17.5 Å². The highest BCUT2D eigenvalue weighted by molar-refractivity contribution is 7.92. The molecule has 29 heavy (non-hydrogen) atoms. The zero-order chi connectivity index (χ0) is 21.4. The van der Waals surface area contributed by atoms with Crippen LogP contribution in [0, 0.1) is 0 Å². The van der Waals surface area contributed by atoms with Crippen LogP contribution in [-0.2, 0) is 27.4 Å². The van der Waals surface area contributed by atoms with Crippen LogP contribution in [0.1, 0.15) is 24.5 Å². The molecule has 1 aliphatic heterocycles. The van der Waals surface area contributed by atoms with Crippen molar-refractivity contribution in [3.63, 3.8) is 0 Å². The number of benzene rings is 2. The minimum Gasteiger partial charge on any atom is -0.310 e. The van der Waals surface area contributed by atoms with Crippen molar-refractivity contribution in [3.8, 4) is 0 Å². The second-order valence-corrected chi connectivity index (χ2v) is 8.86. The molecule has 0 spiro atoms. The number of para-hydroxylation sites is 1. The van der Waals surface area contributed by atoms with Crippen molar-refractivity contribution in [2.24, 2.45) is 0 Å². The summed E-state index contributed by atoms with van der Waals surface area (Å²) in [5.41, 5.74) is 0.498. The van der Waals surface area contributed by atoms with E-state index in [1.54, 1.807) is 12.1 Å². The predicted octanol–water partition coefficient (Wildman–Crippen LogP) is 3.84. The van der Waals surface area contributed by atoms with Gasteiger partial charge in [0, 0.05) is 12.2 Å². The van der Waals surface area contributed by atoms with E-state index < -0.39 is 33.7 Å². The number of anilines is 2. The van der Waals surface area contributed by atoms with Gasteiger partial charge in [-0.2, -0.15) is 13.2 Å². The Kier molecular flexibility index (Phi) is 5.62. The molecule has 0 fully saturated rings. The first-order valence-electron chi connectivity index (χ1n) is 9.06. The molecule has 0 saturated carbocycles. The number of carbonyl (C=O) groups is 1. The lowest BCUT2D eigenvalue weighted by Gasteiger charge is -2.35. The van der Waals surface area contributed by atoms with Crippen LogP contribution in [0.3, 0.4) is 0 Å². The number of halogens is 3. The van der Waals surface area contributed by atoms with Crippen molar-refractivity contribution in [1.29, 1.82) is 0 Å². The number of carbonyl (C=O) groups excluding carboxylic acids is 1. The monoisotopic (exact) mass is 426 g/mol. The minimum absolute atomic E-state index is 0.200. The summed E-state index contributed by atoms with van der Waals surface area (Å²) in [6.07, 6.45) is -2.23. The number of nitrogens with zero attached hydrogens (tertiary/aromatic N) is 2. The van der Waals surface area contributed by atoms with Gasteiger partial charge in [0.1, 0.15) is 6.04 Å². The standard InChI is InChI=1S/C20H21F3N2O3S/c1-14(19(26)24-12-6-8-15-7-3-4-11-18(15)24)25(29(2,27)28)17-10-5-9-16(13-17)20(21,22)23/h3-5,7,9-11,13-14H,6,8,12H2,1-2H3/t14-/m0/s1. The summed E-state index contributed by atoms with van der Waals surface area (Å²) < 4.78 is 64.9. The smallest absolute Gasteiger partial charge is 0.310 e. The summed E-state index contributed by atoms with van der Waals surface area (Å²) in [6, 6.07) is 10.1. The van der Waals surface area contributed by atoms with Gasteiger partial charge in [-0.1, -0.05) is 24.3 Å². The first-order chi connectivity index (χ1) is 13.5. The summed E-state index contributed by atoms with van der Waals surface area (Å²) in [4.78, 5) is 14.7. The molecule has 3 rings (SSSR count). The van der Waals surface area contributed by atoms with Crippen LogP contribution in [0.2, 0.25) is 0 Å². The number of sulfonamides is 1. The van der Waals surface area contributed by atoms with Crippen molar-refractivity contribution in [2.75, 3.05) is 22.0 Å². The van der Waals surface area contributed by atoms with Crippen molar-refractivity contribution < 1.29 is 26.4 Å². The van der Waals surface area contributed by atoms with Gasteiger partial charge in [-0.05, 0) is 49.6 Å². The van der Waals surface area contributed by atoms with E-state index in [-0.39, 0.29) is 5.69 Å². The third-order valence-electron chi connectivity index (χ3n) is 4.87. The summed E-state index contributed by atoms with van der Waals surface area (Å²) in [5, 5.41) is 0. The minimum atomic E-state index is -4.63. The van der Waals surface area contributed by atoms with Crippen LogP contribution >= 0.6 is 0 Å². The first-order valence-corrected chi connectivity index (χ1v) is 10.9. The number of alkyl halides is 3. The third kappa shape index (κ3) is 4.39. The Morgan fingerprint density at radius 2 is 1.83 bits per heavy atom. The van der Waals surface area contributed by atoms with Gasteiger partial charge in [-0.3, -0.25) is 9.10 Å². The van der Waals surface area contributed by atoms with Gasteiger partial charge in [0.25, 0.3) is 5.91 Å². The molecule has 9 heteroatoms. The highest BCUT2D eigenvalue weighted by Gasteiger charge is 2.36. The molecule has 156 valence electrons. The van der Waals surface area contributed by atoms with Crippen molar-refractivity contribution in [2.45, 2.75) is 32.0 Å². The molecule has 1 amide bonds. The Morgan fingerprint density at radius 1 is 1.14 bits per heavy atom. The van der Waals surface area contributed by atoms with E-state index in [2.05, 4.69) is 0 Å². The van der Waals surface area contributed by atoms with E-state index >= 15 is 0 Å². The molecule has 0 saturated heterocycles. The van der Waals surface area contributed by atoms with Gasteiger partial charge < -0.3 is 4.90 Å². The SMILES string of the molecule is C[C@@H](C(=O)N1CCCc2ccccc21)N(c1cccc(C(F)(F)F)c1)S(C)(=O)=O. The second kappa shape index (κ2) is 7.70. The van der Waals surface area contributed by atoms with Crippen LogP contribution in [-0.4, -0.2) is 33.2 Å². The maximum atomic E-state index is 13.2. The van der Waals surface area contributed by atoms with Crippen LogP contribution in [0.25, 0.3) is 0 Å². The normalized spacial score (nSPS) is 15.6. The molecular formula is C20H21F3N2O3S. The molecule has 0 unspecified atom stereocenters. The second-order valence-electron chi connectivity index (χ2n) is 7.01. The molecule has 5 nitrogen and oxygen atoms in total. The van der Waals surface area contributed by atoms with Gasteiger partial charge in [-0.15, -0.1) is 0 Å². The fourth-order valence-corrected chi connectivity index (χ4v) is 4.77. The largest absolute Gasteiger partial charge is 0.416 e. The van der Waals surface area contributed by atoms with E-state index in [0.29, 0.717) is 12.2 Å². The number of amides is 1. The fraction of sp³-hybridized carbons (Fsp3) is 0.350. The summed E-state index contributed by atoms with van der Waals surface area (Å²) >= 11 is 0. The fourth-order valence-electron chi connectivity index (χ4n) is 3.61. The van der Waals surface area contributed by atoms with Crippen molar-refractivity contribution in [1.82, 2.24) is 0 Å². The van der Waals surface area contributed by atoms with E-state index in [9.17, 15) is 26.4 Å². The third-order valence-corrected chi connectivity index (χ3v) is 6.11. The van der Waals surface area contributed by atoms with Crippen molar-refractivity contribution >= 4 is 27.3 Å². The lowest BCUT2D eigenvalue weighted by atomic mass is 10.0. The van der Waals surface area contributed by atoms with Crippen LogP contribution in [0.15, 0.2) is 48.5 Å². The number of aryl methyl sites for hydroxylation is 1. The lowest BCUT2D eigenvalue weighted by Crippen LogP contribution is -2.50. The van der Waals surface area contributed by atoms with Crippen LogP contribution in [0.4, 0.5) is 24.5 Å². The van der Waals surface area contributed by atoms with Gasteiger partial charge in [-0.25, -0.2) is 8.42 Å². The molecule has 2 aromatic carbocycles. The molecular weight excluding hydrogens is 405 g/mol. The molecule has 1 aliphatic rings. The van der Waals surface area contributed by atoms with Gasteiger partial charge in [0.2, 0.25) is 10.0 Å². The van der Waals surface area contributed by atoms with Crippen LogP contribution in [0.5, 0.6) is 0 Å². The number of hydrogen-bond acceptors (Lipinski definition) is 3. The molecule has 0 bridgehead atoms. The Balaban J connectivity index is 2.00. The van der Waals surface area contributed by atoms with Gasteiger partial charge >= 0.3 is 6.18 Å². The Morgan fingerprint density at radius 3 is 2.48 bits per heavy atom. The number of hydrogen-bond donors (Lipinski definition) is 0. The molecule has 0 aliphatic carbocycles. The van der Waals surface area contributed by atoms with Crippen molar-refractivity contribution in [3.05, 3.63) is 59.7 Å². The molecule has 2 aromatic rings. The van der Waals surface area contributed by atoms with E-state index in [1.807, 2.05) is 12.1 Å². The Labute approximate surface area is 167 Å². The zero-order valence-corrected chi connectivity index (χ0v) is 16.8. The first kappa shape index (κ1) is 21.2. The van der Waals surface area contributed by atoms with Crippen LogP contribution < -0.4 is 9.21 Å². The summed E-state index contributed by atoms with van der Waals surface area (Å²) in [5.74, 6) is -0.486. The molecule has 1 atom stereocenters. The molecule has 0 radical (unpaired) electrons. The lowest BCUT2D eigenvalue weighted by molar-refractivity contribution is -0.137. The summed E-state index contributed by atoms with van der Waals surface area (Å²) in [7, 11) is -4.02. The number of rotatable bonds is 4. The highest BCUT2D eigenvalue weighted by Crippen LogP contribution is 2.34. The maximum Gasteiger partial charge on any atom is 0.416 e. The zero-order valence-electron chi connectivity index (χ0n) is 16.0. The maximum absolute atomic E-state index is 13.2. The molecule has 0 aromatic heterocycles. The predicted molar refractivity (Wildman–Crippen MR) is 105 cm³/mol. The number of fused-ring (bicyclic) bond motifs is 1. The van der Waals surface area contributed by atoms with Gasteiger partial charge in [0.15, 0.2) is 0 Å². The average molecular weight is 426 g/mol. The highest BCUT2D eigenvalue weighted by atomic mass is 32.2.